The summed E-state index contributed by atoms with van der Waals surface area (Å²) in [6.45, 7) is 7.57. The van der Waals surface area contributed by atoms with Crippen molar-refractivity contribution in [2.24, 2.45) is 5.92 Å². The smallest absolute Gasteiger partial charge is 0.216 e. The molecule has 1 atom stereocenters. The number of aliphatic hydroxyl groups excluding tert-OH is 1. The van der Waals surface area contributed by atoms with Crippen LogP contribution in [-0.2, 0) is 4.79 Å². The van der Waals surface area contributed by atoms with Crippen LogP contribution in [0.4, 0.5) is 0 Å². The third-order valence-corrected chi connectivity index (χ3v) is 1.80. The van der Waals surface area contributed by atoms with Gasteiger partial charge in [-0.1, -0.05) is 13.8 Å². The van der Waals surface area contributed by atoms with Gasteiger partial charge in [0.2, 0.25) is 5.91 Å². The van der Waals surface area contributed by atoms with Gasteiger partial charge in [-0.2, -0.15) is 0 Å². The highest BCUT2D eigenvalue weighted by Crippen LogP contribution is 2.02. The van der Waals surface area contributed by atoms with Gasteiger partial charge in [-0.05, 0) is 12.3 Å². The molecule has 0 bridgehead atoms. The van der Waals surface area contributed by atoms with Crippen molar-refractivity contribution >= 4 is 5.91 Å². The van der Waals surface area contributed by atoms with Crippen molar-refractivity contribution in [3.8, 4) is 0 Å². The summed E-state index contributed by atoms with van der Waals surface area (Å²) in [7, 11) is 0. The van der Waals surface area contributed by atoms with Crippen LogP contribution in [-0.4, -0.2) is 36.8 Å². The Morgan fingerprint density at radius 2 is 2.00 bits per heavy atom. The molecule has 3 N–H and O–H groups in total. The molecule has 0 radical (unpaired) electrons. The molecule has 0 aromatic carbocycles. The fourth-order valence-corrected chi connectivity index (χ4v) is 1.22. The van der Waals surface area contributed by atoms with Crippen molar-refractivity contribution in [2.75, 3.05) is 19.6 Å². The van der Waals surface area contributed by atoms with Gasteiger partial charge < -0.3 is 15.7 Å². The molecule has 1 amide bonds. The van der Waals surface area contributed by atoms with E-state index >= 15 is 0 Å². The number of carbonyl (C=O) groups is 1. The van der Waals surface area contributed by atoms with Crippen LogP contribution < -0.4 is 10.6 Å². The van der Waals surface area contributed by atoms with Crippen LogP contribution in [0.25, 0.3) is 0 Å². The van der Waals surface area contributed by atoms with Crippen molar-refractivity contribution < 1.29 is 9.90 Å². The average molecular weight is 202 g/mol. The fraction of sp³-hybridized carbons (Fsp3) is 0.900. The summed E-state index contributed by atoms with van der Waals surface area (Å²) in [6, 6.07) is 0. The highest BCUT2D eigenvalue weighted by Gasteiger charge is 2.05. The Morgan fingerprint density at radius 1 is 1.36 bits per heavy atom. The predicted octanol–water partition coefficient (Wildman–Crippen LogP) is 0.119. The highest BCUT2D eigenvalue weighted by molar-refractivity contribution is 5.72. The van der Waals surface area contributed by atoms with Crippen LogP contribution >= 0.6 is 0 Å². The third-order valence-electron chi connectivity index (χ3n) is 1.80. The molecule has 4 heteroatoms. The largest absolute Gasteiger partial charge is 0.392 e. The quantitative estimate of drug-likeness (QED) is 0.514. The number of rotatable bonds is 7. The lowest BCUT2D eigenvalue weighted by molar-refractivity contribution is -0.118. The van der Waals surface area contributed by atoms with Crippen LogP contribution in [0.1, 0.15) is 27.2 Å². The Labute approximate surface area is 86.1 Å². The summed E-state index contributed by atoms with van der Waals surface area (Å²) in [5.74, 6) is 0.497. The first-order chi connectivity index (χ1) is 6.52. The first-order valence-electron chi connectivity index (χ1n) is 5.15. The second-order valence-electron chi connectivity index (χ2n) is 3.97. The van der Waals surface area contributed by atoms with Crippen molar-refractivity contribution in [3.63, 3.8) is 0 Å². The molecule has 0 aliphatic rings. The van der Waals surface area contributed by atoms with E-state index in [9.17, 15) is 9.90 Å². The van der Waals surface area contributed by atoms with Gasteiger partial charge in [-0.15, -0.1) is 0 Å². The second-order valence-corrected chi connectivity index (χ2v) is 3.97. The fourth-order valence-electron chi connectivity index (χ4n) is 1.22. The molecule has 0 rings (SSSR count). The summed E-state index contributed by atoms with van der Waals surface area (Å²) in [5.41, 5.74) is 0. The molecule has 14 heavy (non-hydrogen) atoms. The van der Waals surface area contributed by atoms with E-state index in [4.69, 9.17) is 0 Å². The first-order valence-corrected chi connectivity index (χ1v) is 5.15. The van der Waals surface area contributed by atoms with Gasteiger partial charge in [0.15, 0.2) is 0 Å². The van der Waals surface area contributed by atoms with Crippen molar-refractivity contribution in [2.45, 2.75) is 33.3 Å². The summed E-state index contributed by atoms with van der Waals surface area (Å²) in [5, 5.41) is 15.2. The molecule has 0 aliphatic heterocycles. The van der Waals surface area contributed by atoms with Crippen LogP contribution in [0.2, 0.25) is 0 Å². The summed E-state index contributed by atoms with van der Waals surface area (Å²) in [4.78, 5) is 10.5. The van der Waals surface area contributed by atoms with Gasteiger partial charge in [-0.3, -0.25) is 4.79 Å². The molecule has 0 aromatic heterocycles. The molecule has 0 saturated carbocycles. The van der Waals surface area contributed by atoms with E-state index in [-0.39, 0.29) is 12.0 Å². The summed E-state index contributed by atoms with van der Waals surface area (Å²) >= 11 is 0. The Kier molecular flexibility index (Phi) is 7.42. The van der Waals surface area contributed by atoms with E-state index in [0.29, 0.717) is 25.6 Å². The number of hydrogen-bond acceptors (Lipinski definition) is 3. The third kappa shape index (κ3) is 9.48. The minimum absolute atomic E-state index is 0.0190. The Morgan fingerprint density at radius 3 is 2.50 bits per heavy atom. The molecular weight excluding hydrogens is 180 g/mol. The average Bonchev–Trinajstić information content (AvgIpc) is 2.01. The van der Waals surface area contributed by atoms with Crippen molar-refractivity contribution in [1.29, 1.82) is 0 Å². The monoisotopic (exact) mass is 202 g/mol. The normalized spacial score (nSPS) is 12.9. The lowest BCUT2D eigenvalue weighted by Gasteiger charge is -2.13. The highest BCUT2D eigenvalue weighted by atomic mass is 16.3. The van der Waals surface area contributed by atoms with E-state index < -0.39 is 0 Å². The van der Waals surface area contributed by atoms with Crippen LogP contribution in [0, 0.1) is 5.92 Å². The molecule has 0 heterocycles. The molecule has 1 unspecified atom stereocenters. The molecule has 0 saturated heterocycles. The summed E-state index contributed by atoms with van der Waals surface area (Å²) < 4.78 is 0. The van der Waals surface area contributed by atoms with Crippen molar-refractivity contribution in [1.82, 2.24) is 10.6 Å². The maximum Gasteiger partial charge on any atom is 0.216 e. The minimum Gasteiger partial charge on any atom is -0.392 e. The van der Waals surface area contributed by atoms with Gasteiger partial charge in [-0.25, -0.2) is 0 Å². The zero-order valence-corrected chi connectivity index (χ0v) is 9.34. The van der Waals surface area contributed by atoms with Gasteiger partial charge in [0.1, 0.15) is 0 Å². The number of amides is 1. The van der Waals surface area contributed by atoms with Crippen LogP contribution in [0.15, 0.2) is 0 Å². The number of carbonyl (C=O) groups excluding carboxylic acids is 1. The Hall–Kier alpha value is -0.610. The molecule has 84 valence electrons. The van der Waals surface area contributed by atoms with Crippen molar-refractivity contribution in [3.05, 3.63) is 0 Å². The van der Waals surface area contributed by atoms with Crippen LogP contribution in [0.5, 0.6) is 0 Å². The predicted molar refractivity (Wildman–Crippen MR) is 57.0 cm³/mol. The van der Waals surface area contributed by atoms with E-state index in [1.165, 1.54) is 6.92 Å². The van der Waals surface area contributed by atoms with Gasteiger partial charge in [0.05, 0.1) is 6.10 Å². The maximum absolute atomic E-state index is 10.5. The number of aliphatic hydroxyl groups is 1. The Balaban J connectivity index is 3.23. The molecule has 0 aromatic rings. The van der Waals surface area contributed by atoms with E-state index in [1.807, 2.05) is 0 Å². The van der Waals surface area contributed by atoms with E-state index in [1.54, 1.807) is 0 Å². The van der Waals surface area contributed by atoms with E-state index in [2.05, 4.69) is 24.5 Å². The SMILES string of the molecule is CC(=O)NCCNCC(O)CC(C)C. The molecular formula is C10H22N2O2. The van der Waals surface area contributed by atoms with Gasteiger partial charge in [0.25, 0.3) is 0 Å². The molecule has 0 aliphatic carbocycles. The summed E-state index contributed by atoms with van der Waals surface area (Å²) in [6.07, 6.45) is 0.528. The zero-order chi connectivity index (χ0) is 11.0. The minimum atomic E-state index is -0.285. The van der Waals surface area contributed by atoms with Crippen LogP contribution in [0.3, 0.4) is 0 Å². The standard InChI is InChI=1S/C10H22N2O2/c1-8(2)6-10(14)7-11-4-5-12-9(3)13/h8,10-11,14H,4-7H2,1-3H3,(H,12,13). The first kappa shape index (κ1) is 13.4. The molecule has 0 fully saturated rings. The molecule has 0 spiro atoms. The zero-order valence-electron chi connectivity index (χ0n) is 9.34. The second kappa shape index (κ2) is 7.76. The molecule has 4 nitrogen and oxygen atoms in total. The van der Waals surface area contributed by atoms with E-state index in [0.717, 1.165) is 6.42 Å². The topological polar surface area (TPSA) is 61.4 Å². The lowest BCUT2D eigenvalue weighted by Crippen LogP contribution is -2.34. The van der Waals surface area contributed by atoms with Gasteiger partial charge in [0, 0.05) is 26.6 Å². The Bertz CT molecular complexity index is 160. The van der Waals surface area contributed by atoms with Gasteiger partial charge >= 0.3 is 0 Å². The number of nitrogens with one attached hydrogen (secondary N) is 2. The lowest BCUT2D eigenvalue weighted by atomic mass is 10.1. The maximum atomic E-state index is 10.5. The number of hydrogen-bond donors (Lipinski definition) is 3.